The van der Waals surface area contributed by atoms with Gasteiger partial charge in [0.05, 0.1) is 53.7 Å². The predicted molar refractivity (Wildman–Crippen MR) is 300 cm³/mol. The van der Waals surface area contributed by atoms with E-state index in [0.29, 0.717) is 82.7 Å². The van der Waals surface area contributed by atoms with Crippen molar-refractivity contribution in [1.82, 2.24) is 57.7 Å². The maximum absolute atomic E-state index is 15.2. The molecule has 11 heterocycles. The third-order valence-corrected chi connectivity index (χ3v) is 15.8. The molecule has 2 fully saturated rings. The van der Waals surface area contributed by atoms with Gasteiger partial charge in [-0.25, -0.2) is 28.3 Å². The largest absolute Gasteiger partial charge is 0.348 e. The van der Waals surface area contributed by atoms with Crippen molar-refractivity contribution in [3.63, 3.8) is 0 Å². The Labute approximate surface area is 461 Å². The van der Waals surface area contributed by atoms with E-state index in [-0.39, 0.29) is 70.6 Å². The number of nitrogens with zero attached hydrogens (tertiary/aromatic N) is 11. The predicted octanol–water partition coefficient (Wildman–Crippen LogP) is 8.81. The van der Waals surface area contributed by atoms with Crippen LogP contribution in [0.25, 0.3) is 44.2 Å². The van der Waals surface area contributed by atoms with Crippen molar-refractivity contribution < 1.29 is 37.5 Å². The maximum atomic E-state index is 15.2. The molecule has 0 saturated carbocycles. The second-order valence-electron chi connectivity index (χ2n) is 20.8. The van der Waals surface area contributed by atoms with Gasteiger partial charge in [-0.3, -0.25) is 28.5 Å². The number of urea groups is 2. The van der Waals surface area contributed by atoms with E-state index >= 15 is 4.39 Å². The number of halogens is 2. The second-order valence-corrected chi connectivity index (χ2v) is 20.8. The minimum Gasteiger partial charge on any atom is -0.348 e. The molecule has 5 aliphatic rings. The van der Waals surface area contributed by atoms with Crippen LogP contribution < -0.4 is 5.32 Å². The summed E-state index contributed by atoms with van der Waals surface area (Å²) in [6, 6.07) is 17.0. The van der Waals surface area contributed by atoms with Crippen molar-refractivity contribution in [3.05, 3.63) is 143 Å². The van der Waals surface area contributed by atoms with Gasteiger partial charge in [-0.2, -0.15) is 0 Å². The van der Waals surface area contributed by atoms with Crippen molar-refractivity contribution in [3.8, 4) is 0 Å². The van der Waals surface area contributed by atoms with Gasteiger partial charge in [0.1, 0.15) is 22.9 Å². The van der Waals surface area contributed by atoms with Gasteiger partial charge in [-0.15, -0.1) is 0 Å². The highest BCUT2D eigenvalue weighted by molar-refractivity contribution is 6.34. The first kappa shape index (κ1) is 54.7. The Morgan fingerprint density at radius 2 is 1.16 bits per heavy atom. The number of amides is 7. The minimum atomic E-state index is -0.455. The number of nitrogens with one attached hydrogen (secondary N) is 1. The van der Waals surface area contributed by atoms with Crippen molar-refractivity contribution in [2.75, 3.05) is 52.4 Å². The molecule has 416 valence electrons. The number of carbonyl (C=O) groups is 6. The summed E-state index contributed by atoms with van der Waals surface area (Å²) in [7, 11) is 0. The number of aromatic nitrogens is 6. The maximum Gasteiger partial charge on any atom is 0.320 e. The monoisotopic (exact) mass is 1090 g/mol. The van der Waals surface area contributed by atoms with Gasteiger partial charge in [-0.05, 0) is 104 Å². The summed E-state index contributed by atoms with van der Waals surface area (Å²) in [5.74, 6) is -2.20. The number of carbonyl (C=O) groups excluding carboxylic acids is 6. The Morgan fingerprint density at radius 1 is 0.613 bits per heavy atom. The molecule has 1 N–H and O–H groups in total. The van der Waals surface area contributed by atoms with E-state index in [2.05, 4.69) is 19.9 Å². The summed E-state index contributed by atoms with van der Waals surface area (Å²) < 4.78 is 37.5. The third kappa shape index (κ3) is 10.2. The standard InChI is InChI=1S/C30H29FN6O3.C28H29FN6O3.2CH4/c1-19(38)37-18-24(27(29(37)39)25-15-32-26-7-3-6-10-36(25)26)23-17-34-11-12-35(30(40)33-8-4-2-5-9-33)16-20-13-21(31)14-22(23)28(20)34;29-20-12-19-17-34(28(38)32-7-3-1-4-8-32)11-10-33-18-23(22(13-20)27(19)33)24(36)16-31-26(37)14-21-15-30-25-6-2-5-9-35(21)25;;/h3,6-7,10,13-15,17H,2,4-5,8-9,11-12,16,18H2,1H3;2,5-6,9,12-13,15,18H,1,3-4,7-8,10-11,14,16-17H2,(H,31,37);2*1H4. The van der Waals surface area contributed by atoms with Crippen LogP contribution in [0.5, 0.6) is 0 Å². The second kappa shape index (κ2) is 22.6. The van der Waals surface area contributed by atoms with Gasteiger partial charge in [0, 0.05) is 125 Å². The summed E-state index contributed by atoms with van der Waals surface area (Å²) in [5.41, 5.74) is 7.89. The molecule has 5 aliphatic heterocycles. The van der Waals surface area contributed by atoms with E-state index in [9.17, 15) is 33.2 Å². The molecule has 13 rings (SSSR count). The number of benzene rings is 2. The Bertz CT molecular complexity index is 3780. The zero-order chi connectivity index (χ0) is 53.8. The number of imide groups is 1. The first-order valence-corrected chi connectivity index (χ1v) is 26.8. The van der Waals surface area contributed by atoms with Crippen molar-refractivity contribution >= 4 is 79.8 Å². The summed E-state index contributed by atoms with van der Waals surface area (Å²) in [6.45, 7) is 6.89. The first-order valence-electron chi connectivity index (χ1n) is 26.8. The van der Waals surface area contributed by atoms with Gasteiger partial charge < -0.3 is 38.5 Å². The average Bonchev–Trinajstić information content (AvgIpc) is 4.37. The van der Waals surface area contributed by atoms with Crippen LogP contribution in [0.3, 0.4) is 0 Å². The molecule has 0 unspecified atom stereocenters. The molecule has 20 heteroatoms. The number of ketones is 1. The number of Topliss-reactive ketones (excluding diaryl/α,β-unsaturated/α-hetero) is 1. The van der Waals surface area contributed by atoms with Crippen LogP contribution in [0.4, 0.5) is 18.4 Å². The number of hydrogen-bond acceptors (Lipinski definition) is 8. The number of hydrogen-bond donors (Lipinski definition) is 1. The fraction of sp³-hybridized carbons (Fsp3) is 0.367. The molecule has 2 saturated heterocycles. The lowest BCUT2D eigenvalue weighted by atomic mass is 9.98. The van der Waals surface area contributed by atoms with Gasteiger partial charge in [0.2, 0.25) is 11.8 Å². The molecule has 7 amide bonds. The van der Waals surface area contributed by atoms with Crippen LogP contribution in [0.2, 0.25) is 0 Å². The van der Waals surface area contributed by atoms with E-state index in [4.69, 9.17) is 0 Å². The highest BCUT2D eigenvalue weighted by Crippen LogP contribution is 2.41. The number of piperidine rings is 2. The fourth-order valence-corrected chi connectivity index (χ4v) is 12.0. The van der Waals surface area contributed by atoms with Crippen LogP contribution in [-0.4, -0.2) is 140 Å². The third-order valence-electron chi connectivity index (χ3n) is 15.8. The van der Waals surface area contributed by atoms with Gasteiger partial charge in [0.25, 0.3) is 5.91 Å². The molecule has 18 nitrogen and oxygen atoms in total. The normalized spacial score (nSPS) is 16.3. The molecular weight excluding hydrogens is 1020 g/mol. The van der Waals surface area contributed by atoms with Crippen LogP contribution in [0, 0.1) is 11.6 Å². The summed E-state index contributed by atoms with van der Waals surface area (Å²) >= 11 is 0. The number of pyridine rings is 2. The van der Waals surface area contributed by atoms with Crippen molar-refractivity contribution in [2.24, 2.45) is 0 Å². The molecule has 6 aromatic heterocycles. The molecule has 8 aromatic rings. The minimum absolute atomic E-state index is 0. The summed E-state index contributed by atoms with van der Waals surface area (Å²) in [5, 5.41) is 3.88. The smallest absolute Gasteiger partial charge is 0.320 e. The van der Waals surface area contributed by atoms with E-state index in [1.807, 2.05) is 83.1 Å². The zero-order valence-corrected chi connectivity index (χ0v) is 43.3. The van der Waals surface area contributed by atoms with E-state index in [1.54, 1.807) is 23.5 Å². The van der Waals surface area contributed by atoms with Gasteiger partial charge >= 0.3 is 12.1 Å². The SMILES string of the molecule is C.C.CC(=O)N1CC(c2cn3c4c(cc(F)cc24)CN(C(=O)N2CCCCC2)CC3)=C(c2cnc3ccccn23)C1=O.O=C(Cc1cnc2ccccn12)NCC(=O)c1cn2c3c(cc(F)cc13)CN(C(=O)N1CCCCC1)CC2. The lowest BCUT2D eigenvalue weighted by molar-refractivity contribution is -0.138. The fourth-order valence-electron chi connectivity index (χ4n) is 12.0. The number of fused-ring (bicyclic) bond motifs is 2. The highest BCUT2D eigenvalue weighted by atomic mass is 19.1. The van der Waals surface area contributed by atoms with Crippen LogP contribution in [0.15, 0.2) is 97.8 Å². The number of likely N-dealkylation sites (tertiary alicyclic amines) is 2. The number of rotatable bonds is 7. The lowest BCUT2D eigenvalue weighted by Gasteiger charge is -2.32. The molecule has 0 radical (unpaired) electrons. The first-order chi connectivity index (χ1) is 37.9. The van der Waals surface area contributed by atoms with E-state index in [0.717, 1.165) is 92.6 Å². The van der Waals surface area contributed by atoms with E-state index < -0.39 is 17.5 Å². The Morgan fingerprint density at radius 3 is 1.77 bits per heavy atom. The Hall–Kier alpha value is -8.68. The molecule has 0 atom stereocenters. The highest BCUT2D eigenvalue weighted by Gasteiger charge is 2.38. The lowest BCUT2D eigenvalue weighted by Crippen LogP contribution is -2.45. The molecule has 0 aliphatic carbocycles. The molecular formula is C60H66F2N12O6. The van der Waals surface area contributed by atoms with Gasteiger partial charge in [-0.1, -0.05) is 27.0 Å². The number of imidazole rings is 2. The van der Waals surface area contributed by atoms with Crippen molar-refractivity contribution in [2.45, 2.75) is 92.9 Å². The summed E-state index contributed by atoms with van der Waals surface area (Å²) in [6.07, 6.45) is 17.0. The van der Waals surface area contributed by atoms with Crippen molar-refractivity contribution in [1.29, 1.82) is 0 Å². The topological polar surface area (TPSA) is 175 Å². The van der Waals surface area contributed by atoms with Gasteiger partial charge in [0.15, 0.2) is 5.78 Å². The summed E-state index contributed by atoms with van der Waals surface area (Å²) in [4.78, 5) is 95.7. The average molecular weight is 1090 g/mol. The molecule has 80 heavy (non-hydrogen) atoms. The zero-order valence-electron chi connectivity index (χ0n) is 43.3. The Balaban J connectivity index is 0.000000176. The Kier molecular flexibility index (Phi) is 15.4. The van der Waals surface area contributed by atoms with Crippen LogP contribution in [0.1, 0.15) is 98.7 Å². The van der Waals surface area contributed by atoms with Crippen LogP contribution in [-0.2, 0) is 47.0 Å². The van der Waals surface area contributed by atoms with Crippen LogP contribution >= 0.6 is 0 Å². The molecule has 2 aromatic carbocycles. The molecule has 0 spiro atoms. The van der Waals surface area contributed by atoms with E-state index in [1.165, 1.54) is 36.1 Å². The molecule has 0 bridgehead atoms. The quantitative estimate of drug-likeness (QED) is 0.154.